The second-order valence-corrected chi connectivity index (χ2v) is 8.30. The Balaban J connectivity index is 1.90. The highest BCUT2D eigenvalue weighted by Crippen LogP contribution is 2.36. The van der Waals surface area contributed by atoms with Gasteiger partial charge in [0.2, 0.25) is 10.0 Å². The Labute approximate surface area is 127 Å². The van der Waals surface area contributed by atoms with Crippen LogP contribution in [0.25, 0.3) is 0 Å². The van der Waals surface area contributed by atoms with Crippen LogP contribution in [0.1, 0.15) is 38.2 Å². The quantitative estimate of drug-likeness (QED) is 0.784. The van der Waals surface area contributed by atoms with Gasteiger partial charge in [0.25, 0.3) is 0 Å². The zero-order chi connectivity index (χ0) is 15.0. The third-order valence-electron chi connectivity index (χ3n) is 4.82. The van der Waals surface area contributed by atoms with Crippen molar-refractivity contribution in [2.75, 3.05) is 13.1 Å². The van der Waals surface area contributed by atoms with Crippen LogP contribution in [0, 0.1) is 12.8 Å². The molecule has 2 aliphatic rings. The summed E-state index contributed by atoms with van der Waals surface area (Å²) < 4.78 is 27.2. The number of aryl methyl sites for hydroxylation is 1. The molecule has 1 aromatic carbocycles. The predicted octanol–water partition coefficient (Wildman–Crippen LogP) is 3.51. The van der Waals surface area contributed by atoms with Gasteiger partial charge in [0.1, 0.15) is 0 Å². The zero-order valence-corrected chi connectivity index (χ0v) is 13.6. The standard InChI is InChI=1S/C17H23NO2S/c1-13-7-9-16(10-8-13)21(19,20)18-11-15-6-4-3-5-14(2)17(15)12-18/h7-10,15H,3-6,11-12H2,1-2H3. The summed E-state index contributed by atoms with van der Waals surface area (Å²) in [6.45, 7) is 5.39. The Morgan fingerprint density at radius 3 is 2.52 bits per heavy atom. The molecule has 1 saturated heterocycles. The molecular weight excluding hydrogens is 282 g/mol. The van der Waals surface area contributed by atoms with Crippen LogP contribution in [0.5, 0.6) is 0 Å². The molecule has 0 saturated carbocycles. The van der Waals surface area contributed by atoms with Crippen LogP contribution in [-0.2, 0) is 10.0 Å². The van der Waals surface area contributed by atoms with Crippen molar-refractivity contribution in [3.05, 3.63) is 41.0 Å². The molecule has 1 fully saturated rings. The van der Waals surface area contributed by atoms with Crippen LogP contribution in [0.15, 0.2) is 40.3 Å². The van der Waals surface area contributed by atoms with Crippen LogP contribution >= 0.6 is 0 Å². The smallest absolute Gasteiger partial charge is 0.207 e. The normalized spacial score (nSPS) is 24.0. The number of allylic oxidation sites excluding steroid dienone is 1. The highest BCUT2D eigenvalue weighted by Gasteiger charge is 2.36. The third-order valence-corrected chi connectivity index (χ3v) is 6.65. The molecule has 4 heteroatoms. The van der Waals surface area contributed by atoms with Gasteiger partial charge in [-0.2, -0.15) is 4.31 Å². The zero-order valence-electron chi connectivity index (χ0n) is 12.8. The Bertz CT molecular complexity index is 659. The van der Waals surface area contributed by atoms with Crippen molar-refractivity contribution in [3.63, 3.8) is 0 Å². The van der Waals surface area contributed by atoms with Crippen molar-refractivity contribution in [1.29, 1.82) is 0 Å². The average molecular weight is 305 g/mol. The maximum absolute atomic E-state index is 12.8. The van der Waals surface area contributed by atoms with E-state index in [4.69, 9.17) is 0 Å². The second-order valence-electron chi connectivity index (χ2n) is 6.36. The lowest BCUT2D eigenvalue weighted by Crippen LogP contribution is -2.29. The molecule has 1 unspecified atom stereocenters. The van der Waals surface area contributed by atoms with Crippen LogP contribution in [0.3, 0.4) is 0 Å². The molecule has 0 N–H and O–H groups in total. The minimum atomic E-state index is -3.35. The molecule has 1 aliphatic heterocycles. The molecule has 3 rings (SSSR count). The summed E-state index contributed by atoms with van der Waals surface area (Å²) in [5.74, 6) is 0.438. The second kappa shape index (κ2) is 5.58. The Hall–Kier alpha value is -1.13. The summed E-state index contributed by atoms with van der Waals surface area (Å²) in [5.41, 5.74) is 3.88. The molecule has 1 aliphatic carbocycles. The molecule has 0 amide bonds. The number of fused-ring (bicyclic) bond motifs is 1. The molecule has 114 valence electrons. The van der Waals surface area contributed by atoms with Gasteiger partial charge in [-0.25, -0.2) is 8.42 Å². The summed E-state index contributed by atoms with van der Waals surface area (Å²) in [4.78, 5) is 0.419. The molecule has 0 spiro atoms. The molecule has 3 nitrogen and oxygen atoms in total. The van der Waals surface area contributed by atoms with Crippen molar-refractivity contribution < 1.29 is 8.42 Å². The highest BCUT2D eigenvalue weighted by molar-refractivity contribution is 7.89. The van der Waals surface area contributed by atoms with Gasteiger partial charge < -0.3 is 0 Å². The van der Waals surface area contributed by atoms with E-state index in [-0.39, 0.29) is 0 Å². The van der Waals surface area contributed by atoms with Gasteiger partial charge in [-0.3, -0.25) is 0 Å². The number of benzene rings is 1. The van der Waals surface area contributed by atoms with Gasteiger partial charge in [-0.15, -0.1) is 0 Å². The Morgan fingerprint density at radius 2 is 1.81 bits per heavy atom. The van der Waals surface area contributed by atoms with Crippen LogP contribution < -0.4 is 0 Å². The predicted molar refractivity (Wildman–Crippen MR) is 84.6 cm³/mol. The first kappa shape index (κ1) is 14.8. The SMILES string of the molecule is CC1=C2CN(S(=O)(=O)c3ccc(C)cc3)CC2CCCC1. The fourth-order valence-corrected chi connectivity index (χ4v) is 4.94. The first-order valence-electron chi connectivity index (χ1n) is 7.74. The Morgan fingerprint density at radius 1 is 1.10 bits per heavy atom. The van der Waals surface area contributed by atoms with E-state index in [1.54, 1.807) is 16.4 Å². The molecule has 0 radical (unpaired) electrons. The van der Waals surface area contributed by atoms with E-state index in [1.165, 1.54) is 24.0 Å². The number of rotatable bonds is 2. The van der Waals surface area contributed by atoms with Gasteiger partial charge >= 0.3 is 0 Å². The monoisotopic (exact) mass is 305 g/mol. The van der Waals surface area contributed by atoms with E-state index in [0.29, 0.717) is 23.9 Å². The van der Waals surface area contributed by atoms with Crippen LogP contribution in [0.4, 0.5) is 0 Å². The van der Waals surface area contributed by atoms with Gasteiger partial charge in [0.15, 0.2) is 0 Å². The summed E-state index contributed by atoms with van der Waals surface area (Å²) in [6, 6.07) is 7.18. The Kier molecular flexibility index (Phi) is 3.93. The average Bonchev–Trinajstić information content (AvgIpc) is 2.82. The van der Waals surface area contributed by atoms with E-state index in [9.17, 15) is 8.42 Å². The molecule has 0 bridgehead atoms. The third kappa shape index (κ3) is 2.79. The lowest BCUT2D eigenvalue weighted by molar-refractivity contribution is 0.443. The number of nitrogens with zero attached hydrogens (tertiary/aromatic N) is 1. The first-order chi connectivity index (χ1) is 9.98. The van der Waals surface area contributed by atoms with Crippen LogP contribution in [-0.4, -0.2) is 25.8 Å². The van der Waals surface area contributed by atoms with E-state index >= 15 is 0 Å². The number of hydrogen-bond acceptors (Lipinski definition) is 2. The van der Waals surface area contributed by atoms with Crippen LogP contribution in [0.2, 0.25) is 0 Å². The largest absolute Gasteiger partial charge is 0.243 e. The molecule has 1 atom stereocenters. The molecule has 1 aromatic rings. The minimum absolute atomic E-state index is 0.419. The number of hydrogen-bond donors (Lipinski definition) is 0. The van der Waals surface area contributed by atoms with Crippen molar-refractivity contribution in [3.8, 4) is 0 Å². The van der Waals surface area contributed by atoms with Gasteiger partial charge in [-0.1, -0.05) is 35.3 Å². The minimum Gasteiger partial charge on any atom is -0.207 e. The lowest BCUT2D eigenvalue weighted by atomic mass is 9.96. The van der Waals surface area contributed by atoms with Gasteiger partial charge in [0.05, 0.1) is 4.90 Å². The lowest BCUT2D eigenvalue weighted by Gasteiger charge is -2.16. The first-order valence-corrected chi connectivity index (χ1v) is 9.18. The fourth-order valence-electron chi connectivity index (χ4n) is 3.47. The van der Waals surface area contributed by atoms with E-state index < -0.39 is 10.0 Å². The van der Waals surface area contributed by atoms with E-state index in [0.717, 1.165) is 18.4 Å². The van der Waals surface area contributed by atoms with E-state index in [1.807, 2.05) is 19.1 Å². The number of sulfonamides is 1. The molecule has 1 heterocycles. The molecule has 21 heavy (non-hydrogen) atoms. The van der Waals surface area contributed by atoms with Gasteiger partial charge in [-0.05, 0) is 51.2 Å². The molecule has 0 aromatic heterocycles. The summed E-state index contributed by atoms with van der Waals surface area (Å²) in [5, 5.41) is 0. The maximum atomic E-state index is 12.8. The van der Waals surface area contributed by atoms with Gasteiger partial charge in [0, 0.05) is 13.1 Å². The summed E-state index contributed by atoms with van der Waals surface area (Å²) in [6.07, 6.45) is 4.72. The van der Waals surface area contributed by atoms with Crippen molar-refractivity contribution in [1.82, 2.24) is 4.31 Å². The maximum Gasteiger partial charge on any atom is 0.243 e. The highest BCUT2D eigenvalue weighted by atomic mass is 32.2. The summed E-state index contributed by atoms with van der Waals surface area (Å²) in [7, 11) is -3.35. The molecular formula is C17H23NO2S. The summed E-state index contributed by atoms with van der Waals surface area (Å²) >= 11 is 0. The fraction of sp³-hybridized carbons (Fsp3) is 0.529. The van der Waals surface area contributed by atoms with Crippen molar-refractivity contribution >= 4 is 10.0 Å². The van der Waals surface area contributed by atoms with Crippen molar-refractivity contribution in [2.24, 2.45) is 5.92 Å². The van der Waals surface area contributed by atoms with E-state index in [2.05, 4.69) is 6.92 Å². The topological polar surface area (TPSA) is 37.4 Å². The van der Waals surface area contributed by atoms with Crippen molar-refractivity contribution in [2.45, 2.75) is 44.4 Å².